The summed E-state index contributed by atoms with van der Waals surface area (Å²) in [5.41, 5.74) is 4.34. The zero-order valence-corrected chi connectivity index (χ0v) is 12.7. The van der Waals surface area contributed by atoms with Gasteiger partial charge in [-0.15, -0.1) is 0 Å². The zero-order chi connectivity index (χ0) is 15.2. The van der Waals surface area contributed by atoms with E-state index in [-0.39, 0.29) is 0 Å². The minimum Gasteiger partial charge on any atom is -0.369 e. The van der Waals surface area contributed by atoms with E-state index in [0.717, 1.165) is 43.0 Å². The highest BCUT2D eigenvalue weighted by atomic mass is 15.2. The molecule has 1 fully saturated rings. The Morgan fingerprint density at radius 2 is 1.45 bits per heavy atom. The summed E-state index contributed by atoms with van der Waals surface area (Å²) in [5, 5.41) is 3.36. The molecule has 0 radical (unpaired) electrons. The summed E-state index contributed by atoms with van der Waals surface area (Å²) >= 11 is 0. The molecule has 1 N–H and O–H groups in total. The molecular formula is C20H20N2. The van der Waals surface area contributed by atoms with Crippen molar-refractivity contribution in [3.63, 3.8) is 0 Å². The van der Waals surface area contributed by atoms with Crippen LogP contribution in [-0.4, -0.2) is 31.1 Å². The van der Waals surface area contributed by atoms with Gasteiger partial charge in [-0.1, -0.05) is 48.8 Å². The van der Waals surface area contributed by atoms with E-state index in [1.807, 2.05) is 30.3 Å². The van der Waals surface area contributed by atoms with Crippen LogP contribution in [0.15, 0.2) is 61.2 Å². The number of rotatable bonds is 2. The van der Waals surface area contributed by atoms with Gasteiger partial charge in [-0.2, -0.15) is 0 Å². The van der Waals surface area contributed by atoms with Crippen LogP contribution in [-0.2, 0) is 0 Å². The molecule has 0 spiro atoms. The fourth-order valence-electron chi connectivity index (χ4n) is 2.53. The summed E-state index contributed by atoms with van der Waals surface area (Å²) in [7, 11) is 0. The summed E-state index contributed by atoms with van der Waals surface area (Å²) < 4.78 is 0. The second-order valence-electron chi connectivity index (χ2n) is 5.38. The van der Waals surface area contributed by atoms with E-state index < -0.39 is 0 Å². The molecule has 0 amide bonds. The summed E-state index contributed by atoms with van der Waals surface area (Å²) in [6.45, 7) is 8.33. The minimum atomic E-state index is 1.02. The van der Waals surface area contributed by atoms with Crippen molar-refractivity contribution in [2.75, 3.05) is 26.2 Å². The minimum absolute atomic E-state index is 1.02. The Morgan fingerprint density at radius 3 is 2.09 bits per heavy atom. The Bertz CT molecular complexity index is 684. The van der Waals surface area contributed by atoms with Crippen LogP contribution in [0.25, 0.3) is 5.70 Å². The molecule has 2 aromatic carbocycles. The van der Waals surface area contributed by atoms with Crippen LogP contribution in [0.5, 0.6) is 0 Å². The van der Waals surface area contributed by atoms with Gasteiger partial charge < -0.3 is 10.2 Å². The molecule has 0 bridgehead atoms. The molecule has 110 valence electrons. The SMILES string of the molecule is C=C(c1ccc(C#Cc2ccccc2)cc1)N1CCNCC1. The molecule has 0 unspecified atom stereocenters. The molecule has 2 heteroatoms. The first-order valence-corrected chi connectivity index (χ1v) is 7.65. The number of hydrogen-bond acceptors (Lipinski definition) is 2. The Kier molecular flexibility index (Phi) is 4.58. The van der Waals surface area contributed by atoms with E-state index in [2.05, 4.69) is 52.9 Å². The van der Waals surface area contributed by atoms with Crippen LogP contribution in [0, 0.1) is 11.8 Å². The molecule has 1 aliphatic rings. The first-order valence-electron chi connectivity index (χ1n) is 7.65. The van der Waals surface area contributed by atoms with Gasteiger partial charge in [0.05, 0.1) is 0 Å². The van der Waals surface area contributed by atoms with Crippen LogP contribution >= 0.6 is 0 Å². The molecule has 1 saturated heterocycles. The summed E-state index contributed by atoms with van der Waals surface area (Å²) in [6.07, 6.45) is 0. The highest BCUT2D eigenvalue weighted by Crippen LogP contribution is 2.18. The van der Waals surface area contributed by atoms with E-state index in [9.17, 15) is 0 Å². The smallest absolute Gasteiger partial charge is 0.0367 e. The second kappa shape index (κ2) is 6.98. The standard InChI is InChI=1S/C20H20N2/c1-17(22-15-13-21-14-16-22)20-11-9-19(10-12-20)8-7-18-5-3-2-4-6-18/h2-6,9-12,21H,1,13-16H2. The Hall–Kier alpha value is -2.50. The lowest BCUT2D eigenvalue weighted by atomic mass is 10.1. The maximum Gasteiger partial charge on any atom is 0.0367 e. The third kappa shape index (κ3) is 3.58. The maximum absolute atomic E-state index is 4.23. The Labute approximate surface area is 132 Å². The molecule has 22 heavy (non-hydrogen) atoms. The average molecular weight is 288 g/mol. The molecule has 0 saturated carbocycles. The van der Waals surface area contributed by atoms with E-state index in [0.29, 0.717) is 0 Å². The number of nitrogens with one attached hydrogen (secondary N) is 1. The van der Waals surface area contributed by atoms with Crippen molar-refractivity contribution < 1.29 is 0 Å². The molecular weight excluding hydrogens is 268 g/mol. The van der Waals surface area contributed by atoms with Gasteiger partial charge in [0, 0.05) is 43.0 Å². The van der Waals surface area contributed by atoms with Crippen molar-refractivity contribution in [1.82, 2.24) is 10.2 Å². The first kappa shape index (κ1) is 14.4. The number of benzene rings is 2. The largest absolute Gasteiger partial charge is 0.369 e. The Balaban J connectivity index is 1.70. The van der Waals surface area contributed by atoms with Gasteiger partial charge in [0.1, 0.15) is 0 Å². The van der Waals surface area contributed by atoms with Gasteiger partial charge in [-0.05, 0) is 29.8 Å². The summed E-state index contributed by atoms with van der Waals surface area (Å²) in [6, 6.07) is 18.4. The van der Waals surface area contributed by atoms with Gasteiger partial charge in [-0.25, -0.2) is 0 Å². The lowest BCUT2D eigenvalue weighted by molar-refractivity contribution is 0.341. The topological polar surface area (TPSA) is 15.3 Å². The summed E-state index contributed by atoms with van der Waals surface area (Å²) in [5.74, 6) is 6.39. The third-order valence-corrected chi connectivity index (χ3v) is 3.84. The van der Waals surface area contributed by atoms with Gasteiger partial charge in [0.25, 0.3) is 0 Å². The first-order chi connectivity index (χ1) is 10.8. The van der Waals surface area contributed by atoms with Crippen molar-refractivity contribution >= 4 is 5.70 Å². The van der Waals surface area contributed by atoms with Gasteiger partial charge in [0.2, 0.25) is 0 Å². The van der Waals surface area contributed by atoms with Crippen molar-refractivity contribution in [3.05, 3.63) is 77.9 Å². The number of nitrogens with zero attached hydrogens (tertiary/aromatic N) is 1. The van der Waals surface area contributed by atoms with Gasteiger partial charge in [0.15, 0.2) is 0 Å². The molecule has 1 aliphatic heterocycles. The monoisotopic (exact) mass is 288 g/mol. The van der Waals surface area contributed by atoms with Crippen LogP contribution in [0.4, 0.5) is 0 Å². The second-order valence-corrected chi connectivity index (χ2v) is 5.38. The summed E-state index contributed by atoms with van der Waals surface area (Å²) in [4.78, 5) is 2.33. The van der Waals surface area contributed by atoms with E-state index in [1.54, 1.807) is 0 Å². The predicted molar refractivity (Wildman–Crippen MR) is 92.3 cm³/mol. The highest BCUT2D eigenvalue weighted by Gasteiger charge is 2.12. The fourth-order valence-corrected chi connectivity index (χ4v) is 2.53. The van der Waals surface area contributed by atoms with Gasteiger partial charge >= 0.3 is 0 Å². The predicted octanol–water partition coefficient (Wildman–Crippen LogP) is 2.96. The molecule has 3 rings (SSSR count). The maximum atomic E-state index is 4.23. The molecule has 0 aliphatic carbocycles. The normalized spacial score (nSPS) is 14.1. The quantitative estimate of drug-likeness (QED) is 0.855. The molecule has 0 aromatic heterocycles. The number of hydrogen-bond donors (Lipinski definition) is 1. The molecule has 1 heterocycles. The van der Waals surface area contributed by atoms with Crippen LogP contribution in [0.3, 0.4) is 0 Å². The van der Waals surface area contributed by atoms with Crippen LogP contribution < -0.4 is 5.32 Å². The van der Waals surface area contributed by atoms with E-state index in [4.69, 9.17) is 0 Å². The average Bonchev–Trinajstić information content (AvgIpc) is 2.61. The van der Waals surface area contributed by atoms with Crippen molar-refractivity contribution in [2.45, 2.75) is 0 Å². The Morgan fingerprint density at radius 1 is 0.864 bits per heavy atom. The van der Waals surface area contributed by atoms with Crippen LogP contribution in [0.2, 0.25) is 0 Å². The fraction of sp³-hybridized carbons (Fsp3) is 0.200. The zero-order valence-electron chi connectivity index (χ0n) is 12.7. The van der Waals surface area contributed by atoms with Crippen molar-refractivity contribution in [1.29, 1.82) is 0 Å². The van der Waals surface area contributed by atoms with E-state index in [1.165, 1.54) is 5.56 Å². The highest BCUT2D eigenvalue weighted by molar-refractivity contribution is 5.63. The molecule has 2 nitrogen and oxygen atoms in total. The lowest BCUT2D eigenvalue weighted by Gasteiger charge is -2.31. The third-order valence-electron chi connectivity index (χ3n) is 3.84. The van der Waals surface area contributed by atoms with Crippen molar-refractivity contribution in [2.24, 2.45) is 0 Å². The van der Waals surface area contributed by atoms with Crippen molar-refractivity contribution in [3.8, 4) is 11.8 Å². The molecule has 2 aromatic rings. The van der Waals surface area contributed by atoms with E-state index >= 15 is 0 Å². The lowest BCUT2D eigenvalue weighted by Crippen LogP contribution is -2.42. The number of piperazine rings is 1. The van der Waals surface area contributed by atoms with Gasteiger partial charge in [-0.3, -0.25) is 0 Å². The van der Waals surface area contributed by atoms with Crippen LogP contribution in [0.1, 0.15) is 16.7 Å². The molecule has 0 atom stereocenters.